The average Bonchev–Trinajstić information content (AvgIpc) is 2.08. The Kier molecular flexibility index (Phi) is 3.26. The zero-order valence-corrected chi connectivity index (χ0v) is 9.92. The molecule has 0 saturated heterocycles. The first-order valence-corrected chi connectivity index (χ1v) is 5.75. The molecule has 1 fully saturated rings. The summed E-state index contributed by atoms with van der Waals surface area (Å²) in [7, 11) is 0. The molecule has 0 heterocycles. The Bertz CT molecular complexity index is 396. The first-order chi connectivity index (χ1) is 7.54. The van der Waals surface area contributed by atoms with Crippen LogP contribution in [0.2, 0.25) is 10.0 Å². The Labute approximate surface area is 103 Å². The van der Waals surface area contributed by atoms with Crippen molar-refractivity contribution in [3.63, 3.8) is 0 Å². The lowest BCUT2D eigenvalue weighted by Crippen LogP contribution is -2.39. The van der Waals surface area contributed by atoms with Crippen molar-refractivity contribution in [2.24, 2.45) is 5.92 Å². The van der Waals surface area contributed by atoms with E-state index < -0.39 is 5.97 Å². The van der Waals surface area contributed by atoms with Crippen molar-refractivity contribution in [3.8, 4) is 0 Å². The summed E-state index contributed by atoms with van der Waals surface area (Å²) in [6, 6.07) is 5.42. The highest BCUT2D eigenvalue weighted by Crippen LogP contribution is 2.31. The minimum absolute atomic E-state index is 0.204. The third-order valence-corrected chi connectivity index (χ3v) is 3.16. The van der Waals surface area contributed by atoms with Crippen LogP contribution in [0.15, 0.2) is 18.2 Å². The van der Waals surface area contributed by atoms with E-state index in [2.05, 4.69) is 5.32 Å². The second-order valence-electron chi connectivity index (χ2n) is 4.01. The third-order valence-electron chi connectivity index (χ3n) is 2.72. The zero-order chi connectivity index (χ0) is 11.7. The second-order valence-corrected chi connectivity index (χ2v) is 4.88. The fourth-order valence-electron chi connectivity index (χ4n) is 1.81. The van der Waals surface area contributed by atoms with Gasteiger partial charge in [0.15, 0.2) is 0 Å². The normalized spacial score (nSPS) is 23.6. The quantitative estimate of drug-likeness (QED) is 0.876. The molecule has 0 bridgehead atoms. The molecule has 3 nitrogen and oxygen atoms in total. The van der Waals surface area contributed by atoms with Gasteiger partial charge in [0.2, 0.25) is 0 Å². The monoisotopic (exact) mass is 259 g/mol. The fourth-order valence-corrected chi connectivity index (χ4v) is 2.34. The summed E-state index contributed by atoms with van der Waals surface area (Å²) >= 11 is 11.7. The molecule has 1 aromatic carbocycles. The molecule has 16 heavy (non-hydrogen) atoms. The van der Waals surface area contributed by atoms with Crippen LogP contribution < -0.4 is 5.32 Å². The van der Waals surface area contributed by atoms with Crippen LogP contribution in [0.5, 0.6) is 0 Å². The molecule has 0 unspecified atom stereocenters. The highest BCUT2D eigenvalue weighted by molar-refractivity contribution is 6.35. The van der Waals surface area contributed by atoms with Crippen LogP contribution in [-0.4, -0.2) is 17.1 Å². The number of hydrogen-bond donors (Lipinski definition) is 2. The lowest BCUT2D eigenvalue weighted by molar-refractivity contribution is -0.144. The van der Waals surface area contributed by atoms with Gasteiger partial charge in [0, 0.05) is 21.8 Å². The molecule has 86 valence electrons. The molecule has 0 aliphatic heterocycles. The fraction of sp³-hybridized carbons (Fsp3) is 0.364. The molecule has 0 radical (unpaired) electrons. The summed E-state index contributed by atoms with van der Waals surface area (Å²) in [5.74, 6) is -0.936. The van der Waals surface area contributed by atoms with Crippen molar-refractivity contribution in [1.82, 2.24) is 0 Å². The van der Waals surface area contributed by atoms with Crippen molar-refractivity contribution in [3.05, 3.63) is 28.2 Å². The molecule has 1 aliphatic rings. The summed E-state index contributed by atoms with van der Waals surface area (Å²) in [5, 5.41) is 13.1. The number of aliphatic carboxylic acids is 1. The van der Waals surface area contributed by atoms with Crippen molar-refractivity contribution in [2.45, 2.75) is 18.9 Å². The van der Waals surface area contributed by atoms with Gasteiger partial charge < -0.3 is 10.4 Å². The highest BCUT2D eigenvalue weighted by atomic mass is 35.5. The summed E-state index contributed by atoms with van der Waals surface area (Å²) in [5.41, 5.74) is 0.839. The number of carbonyl (C=O) groups is 1. The zero-order valence-electron chi connectivity index (χ0n) is 8.41. The van der Waals surface area contributed by atoms with E-state index in [0.717, 1.165) is 5.69 Å². The topological polar surface area (TPSA) is 49.3 Å². The van der Waals surface area contributed by atoms with Gasteiger partial charge in [-0.3, -0.25) is 4.79 Å². The maximum absolute atomic E-state index is 10.6. The number of rotatable bonds is 3. The van der Waals surface area contributed by atoms with E-state index in [4.69, 9.17) is 28.3 Å². The van der Waals surface area contributed by atoms with E-state index in [0.29, 0.717) is 22.9 Å². The number of halogens is 2. The van der Waals surface area contributed by atoms with Gasteiger partial charge in [-0.05, 0) is 31.0 Å². The molecule has 1 saturated carbocycles. The number of nitrogens with one attached hydrogen (secondary N) is 1. The van der Waals surface area contributed by atoms with Crippen LogP contribution in [0.3, 0.4) is 0 Å². The average molecular weight is 260 g/mol. The first-order valence-electron chi connectivity index (χ1n) is 5.00. The summed E-state index contributed by atoms with van der Waals surface area (Å²) < 4.78 is 0. The van der Waals surface area contributed by atoms with Gasteiger partial charge in [0.05, 0.1) is 5.92 Å². The van der Waals surface area contributed by atoms with E-state index in [1.165, 1.54) is 0 Å². The van der Waals surface area contributed by atoms with Crippen LogP contribution >= 0.6 is 23.2 Å². The van der Waals surface area contributed by atoms with Crippen LogP contribution in [0, 0.1) is 5.92 Å². The summed E-state index contributed by atoms with van der Waals surface area (Å²) in [6.45, 7) is 0. The van der Waals surface area contributed by atoms with E-state index in [1.54, 1.807) is 18.2 Å². The third kappa shape index (κ3) is 2.60. The Morgan fingerprint density at radius 1 is 1.25 bits per heavy atom. The predicted molar refractivity (Wildman–Crippen MR) is 64.2 cm³/mol. The Morgan fingerprint density at radius 3 is 2.31 bits per heavy atom. The summed E-state index contributed by atoms with van der Waals surface area (Å²) in [6.07, 6.45) is 1.30. The number of carboxylic acids is 1. The van der Waals surface area contributed by atoms with Crippen molar-refractivity contribution in [1.29, 1.82) is 0 Å². The Hall–Kier alpha value is -0.930. The highest BCUT2D eigenvalue weighted by Gasteiger charge is 2.34. The maximum Gasteiger partial charge on any atom is 0.306 e. The van der Waals surface area contributed by atoms with Crippen molar-refractivity contribution >= 4 is 34.9 Å². The molecular weight excluding hydrogens is 249 g/mol. The molecule has 2 N–H and O–H groups in total. The van der Waals surface area contributed by atoms with E-state index >= 15 is 0 Å². The largest absolute Gasteiger partial charge is 0.481 e. The lowest BCUT2D eigenvalue weighted by atomic mass is 9.80. The number of carboxylic acid groups (broad SMARTS) is 1. The molecule has 1 aromatic rings. The molecule has 0 spiro atoms. The minimum Gasteiger partial charge on any atom is -0.481 e. The second kappa shape index (κ2) is 4.52. The molecule has 0 amide bonds. The lowest BCUT2D eigenvalue weighted by Gasteiger charge is -2.33. The van der Waals surface area contributed by atoms with Crippen LogP contribution in [0.25, 0.3) is 0 Å². The Balaban J connectivity index is 1.94. The standard InChI is InChI=1S/C11H11Cl2NO2/c12-7-3-8(13)5-10(4-7)14-9-1-6(2-9)11(15)16/h3-6,9,14H,1-2H2,(H,15,16). The van der Waals surface area contributed by atoms with Gasteiger partial charge in [-0.2, -0.15) is 0 Å². The van der Waals surface area contributed by atoms with Crippen molar-refractivity contribution < 1.29 is 9.90 Å². The SMILES string of the molecule is O=C(O)C1CC(Nc2cc(Cl)cc(Cl)c2)C1. The van der Waals surface area contributed by atoms with Gasteiger partial charge in [-0.1, -0.05) is 23.2 Å². The van der Waals surface area contributed by atoms with Crippen LogP contribution in [0.1, 0.15) is 12.8 Å². The first kappa shape index (κ1) is 11.6. The molecular formula is C11H11Cl2NO2. The summed E-state index contributed by atoms with van der Waals surface area (Å²) in [4.78, 5) is 10.6. The maximum atomic E-state index is 10.6. The van der Waals surface area contributed by atoms with E-state index in [9.17, 15) is 4.79 Å². The van der Waals surface area contributed by atoms with Gasteiger partial charge in [-0.25, -0.2) is 0 Å². The number of anilines is 1. The predicted octanol–water partition coefficient (Wildman–Crippen LogP) is 3.27. The molecule has 2 rings (SSSR count). The van der Waals surface area contributed by atoms with E-state index in [-0.39, 0.29) is 12.0 Å². The number of hydrogen-bond acceptors (Lipinski definition) is 2. The van der Waals surface area contributed by atoms with Gasteiger partial charge >= 0.3 is 5.97 Å². The molecule has 5 heteroatoms. The number of benzene rings is 1. The van der Waals surface area contributed by atoms with E-state index in [1.807, 2.05) is 0 Å². The van der Waals surface area contributed by atoms with Crippen LogP contribution in [0.4, 0.5) is 5.69 Å². The van der Waals surface area contributed by atoms with Gasteiger partial charge in [0.1, 0.15) is 0 Å². The van der Waals surface area contributed by atoms with Gasteiger partial charge in [0.25, 0.3) is 0 Å². The minimum atomic E-state index is -0.720. The molecule has 0 atom stereocenters. The molecule has 0 aromatic heterocycles. The molecule has 1 aliphatic carbocycles. The smallest absolute Gasteiger partial charge is 0.306 e. The van der Waals surface area contributed by atoms with Gasteiger partial charge in [-0.15, -0.1) is 0 Å². The van der Waals surface area contributed by atoms with Crippen LogP contribution in [-0.2, 0) is 4.79 Å². The van der Waals surface area contributed by atoms with Crippen molar-refractivity contribution in [2.75, 3.05) is 5.32 Å². The Morgan fingerprint density at radius 2 is 1.81 bits per heavy atom.